The zero-order chi connectivity index (χ0) is 17.6. The van der Waals surface area contributed by atoms with Gasteiger partial charge < -0.3 is 15.4 Å². The second-order valence-electron chi connectivity index (χ2n) is 5.48. The number of rotatable bonds is 5. The van der Waals surface area contributed by atoms with Crippen LogP contribution in [0.4, 0.5) is 17.3 Å². The van der Waals surface area contributed by atoms with Gasteiger partial charge in [0.1, 0.15) is 5.75 Å². The van der Waals surface area contributed by atoms with Crippen LogP contribution in [0, 0.1) is 6.92 Å². The normalized spacial score (nSPS) is 10.2. The minimum atomic E-state index is -0.271. The van der Waals surface area contributed by atoms with E-state index in [0.29, 0.717) is 22.9 Å². The van der Waals surface area contributed by atoms with Crippen LogP contribution in [0.25, 0.3) is 0 Å². The number of ether oxygens (including phenoxy) is 1. The molecule has 0 fully saturated rings. The summed E-state index contributed by atoms with van der Waals surface area (Å²) in [7, 11) is 1.56. The molecule has 0 saturated heterocycles. The molecule has 1 aromatic heterocycles. The standard InChI is InChI=1S/C19H18N4O2/c1-13-6-8-15(9-7-13)20-17-10-11-18(23-22-17)21-19(24)14-4-3-5-16(12-14)25-2/h3-12H,1-2H3,(H,20,22)(H,21,23,24). The first kappa shape index (κ1) is 16.4. The summed E-state index contributed by atoms with van der Waals surface area (Å²) in [5.41, 5.74) is 2.60. The molecule has 2 aromatic carbocycles. The van der Waals surface area contributed by atoms with Gasteiger partial charge in [-0.25, -0.2) is 0 Å². The van der Waals surface area contributed by atoms with Gasteiger partial charge in [-0.2, -0.15) is 0 Å². The Hall–Kier alpha value is -3.41. The first-order chi connectivity index (χ1) is 12.1. The summed E-state index contributed by atoms with van der Waals surface area (Å²) in [5.74, 6) is 1.33. The van der Waals surface area contributed by atoms with Crippen molar-refractivity contribution in [2.45, 2.75) is 6.92 Å². The number of methoxy groups -OCH3 is 1. The number of nitrogens with one attached hydrogen (secondary N) is 2. The topological polar surface area (TPSA) is 76.1 Å². The molecule has 6 heteroatoms. The molecule has 6 nitrogen and oxygen atoms in total. The van der Waals surface area contributed by atoms with Crippen molar-refractivity contribution >= 4 is 23.2 Å². The van der Waals surface area contributed by atoms with Crippen LogP contribution in [-0.4, -0.2) is 23.2 Å². The molecule has 0 bridgehead atoms. The van der Waals surface area contributed by atoms with Gasteiger partial charge in [-0.3, -0.25) is 4.79 Å². The molecule has 0 atom stereocenters. The van der Waals surface area contributed by atoms with E-state index in [1.54, 1.807) is 43.5 Å². The fourth-order valence-electron chi connectivity index (χ4n) is 2.20. The van der Waals surface area contributed by atoms with E-state index >= 15 is 0 Å². The zero-order valence-electron chi connectivity index (χ0n) is 14.0. The highest BCUT2D eigenvalue weighted by Crippen LogP contribution is 2.17. The van der Waals surface area contributed by atoms with Crippen LogP contribution < -0.4 is 15.4 Å². The van der Waals surface area contributed by atoms with Crippen LogP contribution in [0.1, 0.15) is 15.9 Å². The highest BCUT2D eigenvalue weighted by atomic mass is 16.5. The van der Waals surface area contributed by atoms with Gasteiger partial charge in [0, 0.05) is 11.3 Å². The van der Waals surface area contributed by atoms with Crippen molar-refractivity contribution < 1.29 is 9.53 Å². The maximum absolute atomic E-state index is 12.2. The summed E-state index contributed by atoms with van der Waals surface area (Å²) in [4.78, 5) is 12.2. The minimum absolute atomic E-state index is 0.271. The predicted molar refractivity (Wildman–Crippen MR) is 97.4 cm³/mol. The maximum atomic E-state index is 12.2. The smallest absolute Gasteiger partial charge is 0.256 e. The van der Waals surface area contributed by atoms with Crippen LogP contribution in [0.15, 0.2) is 60.7 Å². The average molecular weight is 334 g/mol. The predicted octanol–water partition coefficient (Wildman–Crippen LogP) is 3.79. The van der Waals surface area contributed by atoms with Crippen LogP contribution >= 0.6 is 0 Å². The summed E-state index contributed by atoms with van der Waals surface area (Å²) in [6.45, 7) is 2.03. The molecule has 2 N–H and O–H groups in total. The second-order valence-corrected chi connectivity index (χ2v) is 5.48. The molecule has 0 aliphatic carbocycles. The van der Waals surface area contributed by atoms with Gasteiger partial charge in [0.25, 0.3) is 5.91 Å². The Morgan fingerprint density at radius 3 is 2.36 bits per heavy atom. The van der Waals surface area contributed by atoms with Gasteiger partial charge in [0.05, 0.1) is 7.11 Å². The number of aryl methyl sites for hydroxylation is 1. The van der Waals surface area contributed by atoms with Gasteiger partial charge in [-0.05, 0) is 49.4 Å². The molecule has 0 unspecified atom stereocenters. The third-order valence-corrected chi connectivity index (χ3v) is 3.56. The summed E-state index contributed by atoms with van der Waals surface area (Å²) >= 11 is 0. The molecular formula is C19H18N4O2. The largest absolute Gasteiger partial charge is 0.497 e. The number of anilines is 3. The Kier molecular flexibility index (Phi) is 4.89. The quantitative estimate of drug-likeness (QED) is 0.742. The average Bonchev–Trinajstić information content (AvgIpc) is 2.65. The first-order valence-corrected chi connectivity index (χ1v) is 7.77. The van der Waals surface area contributed by atoms with Crippen molar-refractivity contribution in [2.75, 3.05) is 17.7 Å². The van der Waals surface area contributed by atoms with E-state index in [0.717, 1.165) is 5.69 Å². The molecular weight excluding hydrogens is 316 g/mol. The van der Waals surface area contributed by atoms with E-state index in [9.17, 15) is 4.79 Å². The molecule has 0 aliphatic rings. The van der Waals surface area contributed by atoms with Crippen LogP contribution in [0.3, 0.4) is 0 Å². The highest BCUT2D eigenvalue weighted by molar-refractivity contribution is 6.03. The summed E-state index contributed by atoms with van der Waals surface area (Å²) in [6, 6.07) is 18.3. The van der Waals surface area contributed by atoms with Crippen LogP contribution in [-0.2, 0) is 0 Å². The van der Waals surface area contributed by atoms with Crippen molar-refractivity contribution in [3.63, 3.8) is 0 Å². The van der Waals surface area contributed by atoms with Gasteiger partial charge in [0.2, 0.25) is 0 Å². The van der Waals surface area contributed by atoms with Gasteiger partial charge in [0.15, 0.2) is 11.6 Å². The molecule has 0 spiro atoms. The first-order valence-electron chi connectivity index (χ1n) is 7.77. The number of benzene rings is 2. The van der Waals surface area contributed by atoms with Crippen molar-refractivity contribution in [2.24, 2.45) is 0 Å². The summed E-state index contributed by atoms with van der Waals surface area (Å²) in [6.07, 6.45) is 0. The van der Waals surface area contributed by atoms with E-state index in [4.69, 9.17) is 4.74 Å². The molecule has 1 amide bonds. The lowest BCUT2D eigenvalue weighted by molar-refractivity contribution is 0.102. The molecule has 0 saturated carbocycles. The third-order valence-electron chi connectivity index (χ3n) is 3.56. The number of hydrogen-bond acceptors (Lipinski definition) is 5. The Bertz CT molecular complexity index is 861. The number of amides is 1. The Labute approximate surface area is 145 Å². The van der Waals surface area contributed by atoms with Gasteiger partial charge in [-0.1, -0.05) is 23.8 Å². The molecule has 0 radical (unpaired) electrons. The summed E-state index contributed by atoms with van der Waals surface area (Å²) < 4.78 is 5.12. The van der Waals surface area contributed by atoms with Crippen LogP contribution in [0.2, 0.25) is 0 Å². The van der Waals surface area contributed by atoms with Crippen molar-refractivity contribution in [1.82, 2.24) is 10.2 Å². The second kappa shape index (κ2) is 7.44. The van der Waals surface area contributed by atoms with E-state index in [1.807, 2.05) is 31.2 Å². The Morgan fingerprint density at radius 2 is 1.68 bits per heavy atom. The molecule has 1 heterocycles. The lowest BCUT2D eigenvalue weighted by Crippen LogP contribution is -2.13. The molecule has 126 valence electrons. The molecule has 25 heavy (non-hydrogen) atoms. The van der Waals surface area contributed by atoms with E-state index in [1.165, 1.54) is 5.56 Å². The summed E-state index contributed by atoms with van der Waals surface area (Å²) in [5, 5.41) is 14.0. The monoisotopic (exact) mass is 334 g/mol. The van der Waals surface area contributed by atoms with Gasteiger partial charge in [-0.15, -0.1) is 10.2 Å². The van der Waals surface area contributed by atoms with E-state index in [-0.39, 0.29) is 5.91 Å². The molecule has 0 aliphatic heterocycles. The van der Waals surface area contributed by atoms with Gasteiger partial charge >= 0.3 is 0 Å². The van der Waals surface area contributed by atoms with Crippen molar-refractivity contribution in [3.05, 3.63) is 71.8 Å². The fourth-order valence-corrected chi connectivity index (χ4v) is 2.20. The Balaban J connectivity index is 1.65. The number of carbonyl (C=O) groups is 1. The molecule has 3 rings (SSSR count). The lowest BCUT2D eigenvalue weighted by Gasteiger charge is -2.07. The zero-order valence-corrected chi connectivity index (χ0v) is 14.0. The lowest BCUT2D eigenvalue weighted by atomic mass is 10.2. The van der Waals surface area contributed by atoms with E-state index < -0.39 is 0 Å². The maximum Gasteiger partial charge on any atom is 0.256 e. The third kappa shape index (κ3) is 4.32. The number of aromatic nitrogens is 2. The van der Waals surface area contributed by atoms with Crippen molar-refractivity contribution in [1.29, 1.82) is 0 Å². The number of nitrogens with zero attached hydrogens (tertiary/aromatic N) is 2. The highest BCUT2D eigenvalue weighted by Gasteiger charge is 2.08. The fraction of sp³-hybridized carbons (Fsp3) is 0.105. The number of carbonyl (C=O) groups excluding carboxylic acids is 1. The van der Waals surface area contributed by atoms with E-state index in [2.05, 4.69) is 20.8 Å². The van der Waals surface area contributed by atoms with Crippen molar-refractivity contribution in [3.8, 4) is 5.75 Å². The number of hydrogen-bond donors (Lipinski definition) is 2. The SMILES string of the molecule is COc1cccc(C(=O)Nc2ccc(Nc3ccc(C)cc3)nn2)c1. The van der Waals surface area contributed by atoms with Crippen LogP contribution in [0.5, 0.6) is 5.75 Å². The molecule has 3 aromatic rings. The Morgan fingerprint density at radius 1 is 0.960 bits per heavy atom. The minimum Gasteiger partial charge on any atom is -0.497 e.